The number of carbonyl (C=O) groups is 2. The third-order valence-corrected chi connectivity index (χ3v) is 5.02. The SMILES string of the molecule is CNC(=O)c1cc([C@@H]2CN(C(=O)Cc3ccccn3)CCO2)nc2ccccc12. The summed E-state index contributed by atoms with van der Waals surface area (Å²) in [6.07, 6.45) is 1.55. The van der Waals surface area contributed by atoms with E-state index in [2.05, 4.69) is 10.3 Å². The van der Waals surface area contributed by atoms with Gasteiger partial charge in [-0.1, -0.05) is 24.3 Å². The lowest BCUT2D eigenvalue weighted by Crippen LogP contribution is -2.43. The van der Waals surface area contributed by atoms with Crippen molar-refractivity contribution >= 4 is 22.7 Å². The molecule has 1 atom stereocenters. The highest BCUT2D eigenvalue weighted by Gasteiger charge is 2.27. The highest BCUT2D eigenvalue weighted by atomic mass is 16.5. The van der Waals surface area contributed by atoms with E-state index < -0.39 is 0 Å². The van der Waals surface area contributed by atoms with Gasteiger partial charge in [0.05, 0.1) is 36.3 Å². The van der Waals surface area contributed by atoms with Crippen LogP contribution in [-0.2, 0) is 16.0 Å². The highest BCUT2D eigenvalue weighted by molar-refractivity contribution is 6.06. The molecule has 7 nitrogen and oxygen atoms in total. The maximum atomic E-state index is 12.7. The van der Waals surface area contributed by atoms with E-state index in [-0.39, 0.29) is 24.3 Å². The van der Waals surface area contributed by atoms with E-state index in [0.29, 0.717) is 31.0 Å². The van der Waals surface area contributed by atoms with Crippen molar-refractivity contribution in [2.75, 3.05) is 26.7 Å². The Hall–Kier alpha value is -3.32. The van der Waals surface area contributed by atoms with Gasteiger partial charge in [-0.2, -0.15) is 0 Å². The fourth-order valence-electron chi connectivity index (χ4n) is 3.51. The second-order valence-electron chi connectivity index (χ2n) is 6.89. The number of rotatable bonds is 4. The van der Waals surface area contributed by atoms with Crippen LogP contribution in [0.4, 0.5) is 0 Å². The Morgan fingerprint density at radius 1 is 1.21 bits per heavy atom. The molecule has 3 aromatic rings. The van der Waals surface area contributed by atoms with E-state index in [0.717, 1.165) is 16.6 Å². The molecule has 1 aliphatic heterocycles. The van der Waals surface area contributed by atoms with Crippen molar-refractivity contribution in [2.45, 2.75) is 12.5 Å². The third kappa shape index (κ3) is 4.09. The monoisotopic (exact) mass is 390 g/mol. The van der Waals surface area contributed by atoms with Crippen molar-refractivity contribution < 1.29 is 14.3 Å². The summed E-state index contributed by atoms with van der Waals surface area (Å²) in [5, 5.41) is 3.47. The molecule has 0 bridgehead atoms. The van der Waals surface area contributed by atoms with Gasteiger partial charge in [-0.3, -0.25) is 14.6 Å². The molecule has 2 aromatic heterocycles. The summed E-state index contributed by atoms with van der Waals surface area (Å²) < 4.78 is 5.91. The van der Waals surface area contributed by atoms with Crippen LogP contribution in [0.1, 0.15) is 27.8 Å². The molecule has 148 valence electrons. The lowest BCUT2D eigenvalue weighted by Gasteiger charge is -2.33. The quantitative estimate of drug-likeness (QED) is 0.738. The van der Waals surface area contributed by atoms with Crippen LogP contribution >= 0.6 is 0 Å². The van der Waals surface area contributed by atoms with E-state index in [1.54, 1.807) is 24.2 Å². The summed E-state index contributed by atoms with van der Waals surface area (Å²) in [7, 11) is 1.60. The van der Waals surface area contributed by atoms with Crippen LogP contribution in [0.3, 0.4) is 0 Å². The fourth-order valence-corrected chi connectivity index (χ4v) is 3.51. The average molecular weight is 390 g/mol. The first-order chi connectivity index (χ1) is 14.2. The Kier molecular flexibility index (Phi) is 5.48. The van der Waals surface area contributed by atoms with E-state index in [1.165, 1.54) is 0 Å². The number of fused-ring (bicyclic) bond motifs is 1. The Balaban J connectivity index is 1.58. The van der Waals surface area contributed by atoms with E-state index in [9.17, 15) is 9.59 Å². The zero-order valence-electron chi connectivity index (χ0n) is 16.2. The van der Waals surface area contributed by atoms with Crippen LogP contribution in [0, 0.1) is 0 Å². The largest absolute Gasteiger partial charge is 0.368 e. The van der Waals surface area contributed by atoms with Gasteiger partial charge in [0, 0.05) is 30.9 Å². The minimum absolute atomic E-state index is 0.00399. The maximum Gasteiger partial charge on any atom is 0.251 e. The topological polar surface area (TPSA) is 84.4 Å². The zero-order chi connectivity index (χ0) is 20.2. The number of pyridine rings is 2. The minimum Gasteiger partial charge on any atom is -0.368 e. The molecular formula is C22H22N4O3. The number of nitrogens with zero attached hydrogens (tertiary/aromatic N) is 3. The van der Waals surface area contributed by atoms with E-state index in [4.69, 9.17) is 9.72 Å². The van der Waals surface area contributed by atoms with Crippen LogP contribution in [0.15, 0.2) is 54.7 Å². The number of nitrogens with one attached hydrogen (secondary N) is 1. The van der Waals surface area contributed by atoms with Crippen molar-refractivity contribution in [2.24, 2.45) is 0 Å². The summed E-state index contributed by atoms with van der Waals surface area (Å²) in [5.74, 6) is -0.173. The van der Waals surface area contributed by atoms with Crippen LogP contribution < -0.4 is 5.32 Å². The lowest BCUT2D eigenvalue weighted by molar-refractivity contribution is -0.138. The van der Waals surface area contributed by atoms with Crippen molar-refractivity contribution in [1.29, 1.82) is 0 Å². The molecule has 3 heterocycles. The summed E-state index contributed by atoms with van der Waals surface area (Å²) >= 11 is 0. The molecule has 2 amide bonds. The summed E-state index contributed by atoms with van der Waals surface area (Å²) in [6, 6.07) is 14.8. The second-order valence-corrected chi connectivity index (χ2v) is 6.89. The van der Waals surface area contributed by atoms with Crippen molar-refractivity contribution in [3.05, 3.63) is 71.7 Å². The second kappa shape index (κ2) is 8.36. The molecule has 0 aliphatic carbocycles. The first-order valence-corrected chi connectivity index (χ1v) is 9.57. The molecule has 1 N–H and O–H groups in total. The number of aromatic nitrogens is 2. The minimum atomic E-state index is -0.385. The third-order valence-electron chi connectivity index (χ3n) is 5.02. The molecule has 0 radical (unpaired) electrons. The smallest absolute Gasteiger partial charge is 0.251 e. The molecule has 0 unspecified atom stereocenters. The average Bonchev–Trinajstić information content (AvgIpc) is 2.78. The molecule has 0 spiro atoms. The number of hydrogen-bond donors (Lipinski definition) is 1. The normalized spacial score (nSPS) is 16.6. The molecule has 1 saturated heterocycles. The number of ether oxygens (including phenoxy) is 1. The van der Waals surface area contributed by atoms with Gasteiger partial charge in [-0.25, -0.2) is 4.98 Å². The first kappa shape index (κ1) is 19.0. The van der Waals surface area contributed by atoms with Gasteiger partial charge < -0.3 is 15.0 Å². The summed E-state index contributed by atoms with van der Waals surface area (Å²) in [5.41, 5.74) is 2.67. The van der Waals surface area contributed by atoms with Crippen LogP contribution in [0.2, 0.25) is 0 Å². The zero-order valence-corrected chi connectivity index (χ0v) is 16.2. The Morgan fingerprint density at radius 2 is 2.03 bits per heavy atom. The summed E-state index contributed by atoms with van der Waals surface area (Å²) in [4.78, 5) is 35.8. The van der Waals surface area contributed by atoms with E-state index >= 15 is 0 Å². The van der Waals surface area contributed by atoms with Crippen LogP contribution in [0.25, 0.3) is 10.9 Å². The summed E-state index contributed by atoms with van der Waals surface area (Å²) in [6.45, 7) is 1.34. The van der Waals surface area contributed by atoms with Crippen LogP contribution in [0.5, 0.6) is 0 Å². The van der Waals surface area contributed by atoms with Crippen molar-refractivity contribution in [1.82, 2.24) is 20.2 Å². The molecule has 7 heteroatoms. The van der Waals surface area contributed by atoms with Gasteiger partial charge in [-0.05, 0) is 24.3 Å². The molecule has 1 aliphatic rings. The molecule has 1 aromatic carbocycles. The number of hydrogen-bond acceptors (Lipinski definition) is 5. The fraction of sp³-hybridized carbons (Fsp3) is 0.273. The maximum absolute atomic E-state index is 12.7. The first-order valence-electron chi connectivity index (χ1n) is 9.57. The van der Waals surface area contributed by atoms with Gasteiger partial charge in [0.2, 0.25) is 5.91 Å². The van der Waals surface area contributed by atoms with E-state index in [1.807, 2.05) is 42.5 Å². The number of para-hydroxylation sites is 1. The molecule has 29 heavy (non-hydrogen) atoms. The van der Waals surface area contributed by atoms with Gasteiger partial charge in [0.15, 0.2) is 0 Å². The highest BCUT2D eigenvalue weighted by Crippen LogP contribution is 2.26. The molecule has 4 rings (SSSR count). The predicted molar refractivity (Wildman–Crippen MR) is 108 cm³/mol. The predicted octanol–water partition coefficient (Wildman–Crippen LogP) is 2.13. The standard InChI is InChI=1S/C22H22N4O3/c1-23-22(28)17-13-19(25-18-8-3-2-7-16(17)18)20-14-26(10-11-29-20)21(27)12-15-6-4-5-9-24-15/h2-9,13,20H,10-12,14H2,1H3,(H,23,28)/t20-/m0/s1. The Labute approximate surface area is 168 Å². The molecular weight excluding hydrogens is 368 g/mol. The molecule has 0 saturated carbocycles. The van der Waals surface area contributed by atoms with Crippen molar-refractivity contribution in [3.8, 4) is 0 Å². The van der Waals surface area contributed by atoms with Gasteiger partial charge in [0.25, 0.3) is 5.91 Å². The Bertz CT molecular complexity index is 1040. The Morgan fingerprint density at radius 3 is 2.83 bits per heavy atom. The lowest BCUT2D eigenvalue weighted by atomic mass is 10.0. The number of morpholine rings is 1. The number of amides is 2. The van der Waals surface area contributed by atoms with Gasteiger partial charge in [-0.15, -0.1) is 0 Å². The van der Waals surface area contributed by atoms with Gasteiger partial charge >= 0.3 is 0 Å². The van der Waals surface area contributed by atoms with Crippen LogP contribution in [-0.4, -0.2) is 53.4 Å². The number of carbonyl (C=O) groups excluding carboxylic acids is 2. The molecule has 1 fully saturated rings. The van der Waals surface area contributed by atoms with Gasteiger partial charge in [0.1, 0.15) is 6.10 Å². The number of benzene rings is 1. The van der Waals surface area contributed by atoms with Crippen molar-refractivity contribution in [3.63, 3.8) is 0 Å².